The maximum atomic E-state index is 12.7. The number of carbonyl (C=O) groups excluding carboxylic acids is 1. The van der Waals surface area contributed by atoms with Crippen molar-refractivity contribution in [3.63, 3.8) is 0 Å². The summed E-state index contributed by atoms with van der Waals surface area (Å²) >= 11 is 0. The minimum absolute atomic E-state index is 0.0763. The molecule has 2 atom stereocenters. The van der Waals surface area contributed by atoms with E-state index in [0.29, 0.717) is 37.3 Å². The Morgan fingerprint density at radius 2 is 1.89 bits per heavy atom. The minimum Gasteiger partial charge on any atom is -0.444 e. The van der Waals surface area contributed by atoms with E-state index in [-0.39, 0.29) is 12.1 Å². The number of benzene rings is 1. The van der Waals surface area contributed by atoms with Crippen LogP contribution in [0.3, 0.4) is 0 Å². The molecule has 37 heavy (non-hydrogen) atoms. The quantitative estimate of drug-likeness (QED) is 0.537. The number of aromatic nitrogens is 2. The Labute approximate surface area is 220 Å². The molecule has 2 unspecified atom stereocenters. The summed E-state index contributed by atoms with van der Waals surface area (Å²) in [5, 5.41) is 11.5. The molecular formula is C28H40N6O3. The van der Waals surface area contributed by atoms with Gasteiger partial charge in [-0.1, -0.05) is 0 Å². The third-order valence-electron chi connectivity index (χ3n) is 6.96. The van der Waals surface area contributed by atoms with Gasteiger partial charge in [-0.25, -0.2) is 14.8 Å². The van der Waals surface area contributed by atoms with Crippen LogP contribution >= 0.6 is 0 Å². The van der Waals surface area contributed by atoms with Crippen molar-refractivity contribution >= 4 is 29.6 Å². The van der Waals surface area contributed by atoms with Gasteiger partial charge < -0.3 is 30.0 Å². The van der Waals surface area contributed by atoms with Crippen LogP contribution in [-0.2, 0) is 9.47 Å². The average Bonchev–Trinajstić information content (AvgIpc) is 2.84. The van der Waals surface area contributed by atoms with Crippen molar-refractivity contribution in [3.8, 4) is 0 Å². The second-order valence-corrected chi connectivity index (χ2v) is 11.1. The number of anilines is 3. The number of morpholine rings is 1. The molecule has 0 bridgehead atoms. The molecule has 2 fully saturated rings. The molecule has 0 aliphatic carbocycles. The zero-order valence-electron chi connectivity index (χ0n) is 22.9. The molecule has 2 N–H and O–H groups in total. The first-order chi connectivity index (χ1) is 17.5. The lowest BCUT2D eigenvalue weighted by Crippen LogP contribution is -2.46. The van der Waals surface area contributed by atoms with Crippen molar-refractivity contribution in [1.29, 1.82) is 5.41 Å². The molecule has 1 aromatic heterocycles. The highest BCUT2D eigenvalue weighted by Crippen LogP contribution is 2.37. The number of piperidine rings is 1. The third kappa shape index (κ3) is 6.57. The second-order valence-electron chi connectivity index (χ2n) is 11.1. The molecule has 2 saturated heterocycles. The van der Waals surface area contributed by atoms with Crippen molar-refractivity contribution < 1.29 is 14.3 Å². The lowest BCUT2D eigenvalue weighted by molar-refractivity contribution is 0.0103. The first-order valence-electron chi connectivity index (χ1n) is 13.1. The van der Waals surface area contributed by atoms with Gasteiger partial charge in [0.1, 0.15) is 23.1 Å². The molecule has 0 radical (unpaired) electrons. The van der Waals surface area contributed by atoms with Gasteiger partial charge in [-0.15, -0.1) is 0 Å². The Hall–Kier alpha value is -3.20. The molecule has 2 aliphatic rings. The Kier molecular flexibility index (Phi) is 8.02. The molecule has 4 rings (SSSR count). The van der Waals surface area contributed by atoms with Crippen molar-refractivity contribution in [2.75, 3.05) is 43.1 Å². The van der Waals surface area contributed by atoms with Gasteiger partial charge in [-0.05, 0) is 83.6 Å². The highest BCUT2D eigenvalue weighted by Gasteiger charge is 2.33. The number of nitrogens with one attached hydrogen (secondary N) is 2. The van der Waals surface area contributed by atoms with Crippen molar-refractivity contribution in [2.24, 2.45) is 0 Å². The van der Waals surface area contributed by atoms with Gasteiger partial charge in [-0.2, -0.15) is 0 Å². The molecule has 200 valence electrons. The minimum atomic E-state index is -0.506. The molecule has 2 aromatic rings. The van der Waals surface area contributed by atoms with E-state index in [1.807, 2.05) is 38.7 Å². The summed E-state index contributed by atoms with van der Waals surface area (Å²) in [7, 11) is 0. The maximum absolute atomic E-state index is 12.7. The average molecular weight is 509 g/mol. The van der Waals surface area contributed by atoms with E-state index in [4.69, 9.17) is 14.9 Å². The lowest BCUT2D eigenvalue weighted by Gasteiger charge is -2.39. The van der Waals surface area contributed by atoms with E-state index in [1.54, 1.807) is 0 Å². The normalized spacial score (nSPS) is 20.5. The Morgan fingerprint density at radius 3 is 2.54 bits per heavy atom. The fourth-order valence-electron chi connectivity index (χ4n) is 5.17. The van der Waals surface area contributed by atoms with Crippen molar-refractivity contribution in [1.82, 2.24) is 14.9 Å². The highest BCUT2D eigenvalue weighted by molar-refractivity contribution is 5.88. The number of ether oxygens (including phenoxy) is 2. The Balaban J connectivity index is 1.55. The maximum Gasteiger partial charge on any atom is 0.410 e. The van der Waals surface area contributed by atoms with E-state index >= 15 is 0 Å². The number of hydrogen-bond donors (Lipinski definition) is 2. The number of aryl methyl sites for hydroxylation is 2. The van der Waals surface area contributed by atoms with E-state index in [9.17, 15) is 4.79 Å². The molecule has 2 aliphatic heterocycles. The first-order valence-corrected chi connectivity index (χ1v) is 13.1. The molecule has 1 amide bonds. The van der Waals surface area contributed by atoms with E-state index in [2.05, 4.69) is 46.2 Å². The second kappa shape index (κ2) is 11.0. The van der Waals surface area contributed by atoms with E-state index in [1.165, 1.54) is 11.8 Å². The number of amides is 1. The Morgan fingerprint density at radius 1 is 1.16 bits per heavy atom. The van der Waals surface area contributed by atoms with E-state index < -0.39 is 5.60 Å². The van der Waals surface area contributed by atoms with Crippen LogP contribution in [0.15, 0.2) is 18.2 Å². The molecule has 0 saturated carbocycles. The third-order valence-corrected chi connectivity index (χ3v) is 6.96. The zero-order chi connectivity index (χ0) is 26.7. The van der Waals surface area contributed by atoms with Crippen LogP contribution in [0.2, 0.25) is 0 Å². The number of nitrogens with zero attached hydrogens (tertiary/aromatic N) is 4. The largest absolute Gasteiger partial charge is 0.444 e. The smallest absolute Gasteiger partial charge is 0.410 e. The van der Waals surface area contributed by atoms with Gasteiger partial charge in [-0.3, -0.25) is 0 Å². The van der Waals surface area contributed by atoms with Crippen LogP contribution < -0.4 is 10.2 Å². The number of rotatable bonds is 5. The zero-order valence-corrected chi connectivity index (χ0v) is 22.9. The molecule has 3 heterocycles. The van der Waals surface area contributed by atoms with Gasteiger partial charge in [0, 0.05) is 49.2 Å². The molecule has 9 heteroatoms. The highest BCUT2D eigenvalue weighted by atomic mass is 16.6. The summed E-state index contributed by atoms with van der Waals surface area (Å²) in [6.45, 7) is 15.4. The SMILES string of the molecule is Cc1nc(Nc2cc(C3CCN(C(=O)OC(C)(C)C)C(C)C3)c(C)cc2C=N)cc(N2CCOCC2)n1. The number of hydrogen-bond acceptors (Lipinski definition) is 8. The van der Waals surface area contributed by atoms with Gasteiger partial charge in [0.2, 0.25) is 0 Å². The fourth-order valence-corrected chi connectivity index (χ4v) is 5.17. The number of likely N-dealkylation sites (tertiary alicyclic amines) is 1. The summed E-state index contributed by atoms with van der Waals surface area (Å²) in [6, 6.07) is 6.26. The van der Waals surface area contributed by atoms with Gasteiger partial charge in [0.15, 0.2) is 0 Å². The first kappa shape index (κ1) is 26.9. The molecule has 1 aromatic carbocycles. The number of carbonyl (C=O) groups is 1. The fraction of sp³-hybridized carbons (Fsp3) is 0.571. The summed E-state index contributed by atoms with van der Waals surface area (Å²) in [4.78, 5) is 26.0. The summed E-state index contributed by atoms with van der Waals surface area (Å²) in [6.07, 6.45) is 2.86. The predicted octanol–water partition coefficient (Wildman–Crippen LogP) is 5.17. The summed E-state index contributed by atoms with van der Waals surface area (Å²) in [5.74, 6) is 2.59. The van der Waals surface area contributed by atoms with Crippen LogP contribution in [0.1, 0.15) is 69.0 Å². The Bertz CT molecular complexity index is 1140. The summed E-state index contributed by atoms with van der Waals surface area (Å²) < 4.78 is 11.1. The molecule has 0 spiro atoms. The van der Waals surface area contributed by atoms with Gasteiger partial charge in [0.05, 0.1) is 13.2 Å². The van der Waals surface area contributed by atoms with Gasteiger partial charge in [0.25, 0.3) is 0 Å². The monoisotopic (exact) mass is 508 g/mol. The van der Waals surface area contributed by atoms with E-state index in [0.717, 1.165) is 48.6 Å². The molecule has 9 nitrogen and oxygen atoms in total. The summed E-state index contributed by atoms with van der Waals surface area (Å²) in [5.41, 5.74) is 3.55. The van der Waals surface area contributed by atoms with Crippen LogP contribution in [0.25, 0.3) is 0 Å². The lowest BCUT2D eigenvalue weighted by atomic mass is 9.83. The van der Waals surface area contributed by atoms with Crippen molar-refractivity contribution in [3.05, 3.63) is 40.7 Å². The predicted molar refractivity (Wildman–Crippen MR) is 147 cm³/mol. The topological polar surface area (TPSA) is 104 Å². The van der Waals surface area contributed by atoms with Crippen molar-refractivity contribution in [2.45, 2.75) is 71.9 Å². The standard InChI is InChI=1S/C28H40N6O3/c1-18-13-22(17-29)24(32-25-16-26(31-20(3)30-25)33-9-11-36-12-10-33)15-23(18)21-7-8-34(19(2)14-21)27(35)37-28(4,5)6/h13,15-17,19,21,29H,7-12,14H2,1-6H3,(H,30,31,32). The van der Waals surface area contributed by atoms with Crippen LogP contribution in [0, 0.1) is 19.3 Å². The van der Waals surface area contributed by atoms with Crippen LogP contribution in [-0.4, -0.2) is 71.7 Å². The van der Waals surface area contributed by atoms with Gasteiger partial charge >= 0.3 is 6.09 Å². The van der Waals surface area contributed by atoms with Crippen LogP contribution in [0.4, 0.5) is 22.1 Å². The van der Waals surface area contributed by atoms with Crippen LogP contribution in [0.5, 0.6) is 0 Å². The molecular weight excluding hydrogens is 468 g/mol.